The molecule has 0 bridgehead atoms. The Kier molecular flexibility index (Phi) is 6.85. The summed E-state index contributed by atoms with van der Waals surface area (Å²) in [4.78, 5) is 23.2. The summed E-state index contributed by atoms with van der Waals surface area (Å²) in [5.41, 5.74) is 7.06. The van der Waals surface area contributed by atoms with E-state index in [9.17, 15) is 13.2 Å². The molecule has 0 saturated carbocycles. The molecule has 1 aliphatic rings. The smallest absolute Gasteiger partial charge is 0.273 e. The summed E-state index contributed by atoms with van der Waals surface area (Å²) in [7, 11) is -3.94. The topological polar surface area (TPSA) is 131 Å². The van der Waals surface area contributed by atoms with E-state index in [0.717, 1.165) is 17.1 Å². The Hall–Kier alpha value is -2.34. The largest absolute Gasteiger partial charge is 0.441 e. The maximum absolute atomic E-state index is 12.6. The van der Waals surface area contributed by atoms with Crippen molar-refractivity contribution in [3.63, 3.8) is 0 Å². The highest BCUT2D eigenvalue weighted by atomic mass is 35.5. The quantitative estimate of drug-likeness (QED) is 0.490. The SMILES string of the molecule is CCc1cnc(-c2cnc(N3CCC(C(=O)NS(=O)(=O)c4ccc(Cl)s4)CC3)c(Cl)c2N)o1. The second-order valence-electron chi connectivity index (χ2n) is 7.50. The van der Waals surface area contributed by atoms with E-state index in [-0.39, 0.29) is 9.23 Å². The second-order valence-corrected chi connectivity index (χ2v) is 11.5. The number of anilines is 2. The van der Waals surface area contributed by atoms with Gasteiger partial charge in [-0.3, -0.25) is 4.79 Å². The van der Waals surface area contributed by atoms with E-state index in [1.807, 2.05) is 11.8 Å². The van der Waals surface area contributed by atoms with Gasteiger partial charge in [0.2, 0.25) is 11.8 Å². The number of carbonyl (C=O) groups is 1. The van der Waals surface area contributed by atoms with E-state index in [2.05, 4.69) is 14.7 Å². The molecule has 3 aromatic rings. The maximum atomic E-state index is 12.6. The third-order valence-corrected chi connectivity index (χ3v) is 8.83. The van der Waals surface area contributed by atoms with Crippen molar-refractivity contribution in [2.24, 2.45) is 5.92 Å². The summed E-state index contributed by atoms with van der Waals surface area (Å²) in [5.74, 6) is 0.591. The summed E-state index contributed by atoms with van der Waals surface area (Å²) >= 11 is 13.2. The van der Waals surface area contributed by atoms with Crippen LogP contribution in [0.2, 0.25) is 9.36 Å². The summed E-state index contributed by atoms with van der Waals surface area (Å²) in [6.07, 6.45) is 4.79. The molecule has 1 fully saturated rings. The van der Waals surface area contributed by atoms with Crippen LogP contribution in [0, 0.1) is 5.92 Å². The normalized spacial score (nSPS) is 15.1. The molecule has 13 heteroatoms. The van der Waals surface area contributed by atoms with Crippen LogP contribution in [-0.4, -0.2) is 37.4 Å². The van der Waals surface area contributed by atoms with Crippen molar-refractivity contribution in [1.29, 1.82) is 0 Å². The lowest BCUT2D eigenvalue weighted by Gasteiger charge is -2.32. The molecule has 1 amide bonds. The van der Waals surface area contributed by atoms with Crippen LogP contribution in [0.3, 0.4) is 0 Å². The molecule has 33 heavy (non-hydrogen) atoms. The fraction of sp³-hybridized carbons (Fsp3) is 0.350. The van der Waals surface area contributed by atoms with Gasteiger partial charge >= 0.3 is 0 Å². The highest BCUT2D eigenvalue weighted by molar-refractivity contribution is 7.92. The molecule has 4 heterocycles. The lowest BCUT2D eigenvalue weighted by Crippen LogP contribution is -2.42. The lowest BCUT2D eigenvalue weighted by atomic mass is 9.96. The molecule has 0 aromatic carbocycles. The number of aryl methyl sites for hydroxylation is 1. The Morgan fingerprint density at radius 2 is 2.00 bits per heavy atom. The molecule has 3 aromatic heterocycles. The standard InChI is InChI=1S/C20H21Cl2N5O4S2/c1-2-12-9-25-20(31-12)13-10-24-18(16(22)17(13)23)27-7-5-11(6-8-27)19(28)26-33(29,30)15-4-3-14(21)32-15/h3-4,9-11H,2,5-8H2,1H3,(H2,23,24)(H,26,28). The minimum absolute atomic E-state index is 0.00179. The van der Waals surface area contributed by atoms with Gasteiger partial charge in [0.15, 0.2) is 0 Å². The zero-order valence-corrected chi connectivity index (χ0v) is 20.7. The Bertz CT molecular complexity index is 1280. The molecule has 1 aliphatic heterocycles. The van der Waals surface area contributed by atoms with E-state index in [0.29, 0.717) is 59.6 Å². The van der Waals surface area contributed by atoms with Gasteiger partial charge in [0.1, 0.15) is 20.8 Å². The van der Waals surface area contributed by atoms with Gasteiger partial charge in [0.05, 0.1) is 21.8 Å². The number of hydrogen-bond acceptors (Lipinski definition) is 9. The number of nitrogens with zero attached hydrogens (tertiary/aromatic N) is 3. The van der Waals surface area contributed by atoms with E-state index < -0.39 is 21.8 Å². The molecular formula is C20H21Cl2N5O4S2. The third-order valence-electron chi connectivity index (χ3n) is 5.38. The number of thiophene rings is 1. The fourth-order valence-electron chi connectivity index (χ4n) is 3.54. The Morgan fingerprint density at radius 3 is 2.61 bits per heavy atom. The van der Waals surface area contributed by atoms with E-state index in [1.54, 1.807) is 12.4 Å². The number of nitrogens with one attached hydrogen (secondary N) is 1. The second kappa shape index (κ2) is 9.49. The number of rotatable bonds is 6. The summed E-state index contributed by atoms with van der Waals surface area (Å²) in [5, 5.41) is 0.281. The van der Waals surface area contributed by atoms with Crippen LogP contribution in [0.5, 0.6) is 0 Å². The number of nitrogens with two attached hydrogens (primary N) is 1. The Labute approximate surface area is 205 Å². The first kappa shape index (κ1) is 23.8. The van der Waals surface area contributed by atoms with Crippen molar-refractivity contribution in [1.82, 2.24) is 14.7 Å². The third kappa shape index (κ3) is 4.96. The first-order chi connectivity index (χ1) is 15.7. The number of hydrogen-bond donors (Lipinski definition) is 2. The minimum Gasteiger partial charge on any atom is -0.441 e. The number of aromatic nitrogens is 2. The number of pyridine rings is 1. The molecule has 0 spiro atoms. The van der Waals surface area contributed by atoms with Crippen LogP contribution >= 0.6 is 34.5 Å². The van der Waals surface area contributed by atoms with Gasteiger partial charge in [-0.25, -0.2) is 23.1 Å². The molecule has 0 radical (unpaired) electrons. The Balaban J connectivity index is 1.42. The average Bonchev–Trinajstić information content (AvgIpc) is 3.45. The molecular weight excluding hydrogens is 509 g/mol. The summed E-state index contributed by atoms with van der Waals surface area (Å²) in [6.45, 7) is 2.89. The van der Waals surface area contributed by atoms with Crippen LogP contribution < -0.4 is 15.4 Å². The predicted octanol–water partition coefficient (Wildman–Crippen LogP) is 3.97. The van der Waals surface area contributed by atoms with Gasteiger partial charge in [-0.05, 0) is 25.0 Å². The number of amides is 1. The first-order valence-corrected chi connectivity index (χ1v) is 13.2. The fourth-order valence-corrected chi connectivity index (χ4v) is 6.34. The molecule has 176 valence electrons. The highest BCUT2D eigenvalue weighted by Crippen LogP contribution is 2.37. The summed E-state index contributed by atoms with van der Waals surface area (Å²) < 4.78 is 32.9. The van der Waals surface area contributed by atoms with Gasteiger partial charge in [-0.1, -0.05) is 30.1 Å². The van der Waals surface area contributed by atoms with Gasteiger partial charge in [0, 0.05) is 31.6 Å². The highest BCUT2D eigenvalue weighted by Gasteiger charge is 2.30. The molecule has 4 rings (SSSR count). The molecule has 0 aliphatic carbocycles. The first-order valence-electron chi connectivity index (χ1n) is 10.2. The van der Waals surface area contributed by atoms with E-state index in [4.69, 9.17) is 33.4 Å². The number of carbonyl (C=O) groups excluding carboxylic acids is 1. The number of nitrogen functional groups attached to an aromatic ring is 1. The van der Waals surface area contributed by atoms with Crippen molar-refractivity contribution in [2.75, 3.05) is 23.7 Å². The van der Waals surface area contributed by atoms with Gasteiger partial charge in [0.25, 0.3) is 10.0 Å². The minimum atomic E-state index is -3.94. The zero-order chi connectivity index (χ0) is 23.8. The van der Waals surface area contributed by atoms with Crippen molar-refractivity contribution in [2.45, 2.75) is 30.4 Å². The van der Waals surface area contributed by atoms with E-state index in [1.165, 1.54) is 12.1 Å². The summed E-state index contributed by atoms with van der Waals surface area (Å²) in [6, 6.07) is 2.84. The molecule has 0 unspecified atom stereocenters. The van der Waals surface area contributed by atoms with Crippen molar-refractivity contribution < 1.29 is 17.6 Å². The van der Waals surface area contributed by atoms with Crippen molar-refractivity contribution in [3.8, 4) is 11.5 Å². The zero-order valence-electron chi connectivity index (χ0n) is 17.5. The molecule has 9 nitrogen and oxygen atoms in total. The number of piperidine rings is 1. The monoisotopic (exact) mass is 529 g/mol. The average molecular weight is 530 g/mol. The van der Waals surface area contributed by atoms with Gasteiger partial charge < -0.3 is 15.1 Å². The lowest BCUT2D eigenvalue weighted by molar-refractivity contribution is -0.123. The Morgan fingerprint density at radius 1 is 1.27 bits per heavy atom. The van der Waals surface area contributed by atoms with Crippen molar-refractivity contribution in [3.05, 3.63) is 39.6 Å². The molecule has 3 N–H and O–H groups in total. The molecule has 0 atom stereocenters. The number of sulfonamides is 1. The molecule has 1 saturated heterocycles. The van der Waals surface area contributed by atoms with Gasteiger partial charge in [-0.2, -0.15) is 0 Å². The van der Waals surface area contributed by atoms with Crippen LogP contribution in [0.1, 0.15) is 25.5 Å². The van der Waals surface area contributed by atoms with Crippen LogP contribution in [0.4, 0.5) is 11.5 Å². The van der Waals surface area contributed by atoms with Crippen LogP contribution in [0.15, 0.2) is 33.2 Å². The number of halogens is 2. The predicted molar refractivity (Wildman–Crippen MR) is 128 cm³/mol. The number of oxazole rings is 1. The van der Waals surface area contributed by atoms with Crippen molar-refractivity contribution >= 4 is 62.0 Å². The van der Waals surface area contributed by atoms with Crippen LogP contribution in [0.25, 0.3) is 11.5 Å². The van der Waals surface area contributed by atoms with Gasteiger partial charge in [-0.15, -0.1) is 11.3 Å². The van der Waals surface area contributed by atoms with Crippen LogP contribution in [-0.2, 0) is 21.2 Å². The maximum Gasteiger partial charge on any atom is 0.273 e. The van der Waals surface area contributed by atoms with E-state index >= 15 is 0 Å².